The third kappa shape index (κ3) is 1.09. The number of allylic oxidation sites excluding steroid dienone is 6. The minimum absolute atomic E-state index is 0.277. The van der Waals surface area contributed by atoms with Gasteiger partial charge >= 0.3 is 0 Å². The van der Waals surface area contributed by atoms with Gasteiger partial charge in [-0.05, 0) is 38.5 Å². The maximum atomic E-state index is 11.8. The van der Waals surface area contributed by atoms with Gasteiger partial charge in [0.2, 0.25) is 0 Å². The molecule has 0 saturated carbocycles. The smallest absolute Gasteiger partial charge is 0.139 e. The zero-order valence-electron chi connectivity index (χ0n) is 10.1. The van der Waals surface area contributed by atoms with E-state index in [0.717, 1.165) is 0 Å². The molecular formula is C15H18O. The highest BCUT2D eigenvalue weighted by molar-refractivity contribution is 5.85. The van der Waals surface area contributed by atoms with Gasteiger partial charge in [0.25, 0.3) is 0 Å². The van der Waals surface area contributed by atoms with Crippen LogP contribution in [0.5, 0.6) is 0 Å². The van der Waals surface area contributed by atoms with Crippen molar-refractivity contribution in [2.45, 2.75) is 20.8 Å². The lowest BCUT2D eigenvalue weighted by Crippen LogP contribution is -2.27. The van der Waals surface area contributed by atoms with E-state index in [4.69, 9.17) is 0 Å². The van der Waals surface area contributed by atoms with Crippen molar-refractivity contribution in [1.82, 2.24) is 0 Å². The van der Waals surface area contributed by atoms with Crippen LogP contribution in [0.4, 0.5) is 0 Å². The molecule has 0 heterocycles. The number of hydrogen-bond acceptors (Lipinski definition) is 1. The van der Waals surface area contributed by atoms with Crippen LogP contribution in [0.1, 0.15) is 20.8 Å². The molecule has 84 valence electrons. The van der Waals surface area contributed by atoms with Crippen molar-refractivity contribution in [2.75, 3.05) is 0 Å². The fourth-order valence-electron chi connectivity index (χ4n) is 3.44. The van der Waals surface area contributed by atoms with E-state index in [0.29, 0.717) is 23.7 Å². The van der Waals surface area contributed by atoms with E-state index >= 15 is 0 Å². The average molecular weight is 214 g/mol. The molecule has 0 spiro atoms. The number of Topliss-reactive ketones (excluding diaryl/α,β-unsaturated/α-hetero) is 1. The SMILES string of the molecule is CC(=O)C(C)(C)C1=C[C@@H]2C=C[C@H]3C=C[C@H]1[C@@H]32. The second-order valence-electron chi connectivity index (χ2n) is 5.83. The first-order valence-electron chi connectivity index (χ1n) is 6.11. The highest BCUT2D eigenvalue weighted by Gasteiger charge is 2.48. The van der Waals surface area contributed by atoms with Gasteiger partial charge in [0.05, 0.1) is 0 Å². The van der Waals surface area contributed by atoms with E-state index in [2.05, 4.69) is 44.2 Å². The molecule has 0 bridgehead atoms. The Hall–Kier alpha value is -1.11. The molecule has 0 aromatic carbocycles. The first-order valence-corrected chi connectivity index (χ1v) is 6.11. The van der Waals surface area contributed by atoms with Crippen molar-refractivity contribution in [3.05, 3.63) is 36.0 Å². The summed E-state index contributed by atoms with van der Waals surface area (Å²) in [4.78, 5) is 11.8. The lowest BCUT2D eigenvalue weighted by atomic mass is 9.74. The molecule has 0 saturated heterocycles. The largest absolute Gasteiger partial charge is 0.299 e. The minimum Gasteiger partial charge on any atom is -0.299 e. The zero-order valence-corrected chi connectivity index (χ0v) is 10.1. The van der Waals surface area contributed by atoms with Crippen molar-refractivity contribution in [3.8, 4) is 0 Å². The van der Waals surface area contributed by atoms with Gasteiger partial charge in [0.15, 0.2) is 0 Å². The van der Waals surface area contributed by atoms with Gasteiger partial charge in [0.1, 0.15) is 5.78 Å². The molecule has 3 aliphatic carbocycles. The molecule has 3 aliphatic rings. The molecule has 16 heavy (non-hydrogen) atoms. The summed E-state index contributed by atoms with van der Waals surface area (Å²) in [5.41, 5.74) is 1.06. The predicted molar refractivity (Wildman–Crippen MR) is 64.8 cm³/mol. The summed E-state index contributed by atoms with van der Waals surface area (Å²) in [7, 11) is 0. The van der Waals surface area contributed by atoms with Gasteiger partial charge < -0.3 is 0 Å². The topological polar surface area (TPSA) is 17.1 Å². The monoisotopic (exact) mass is 214 g/mol. The van der Waals surface area contributed by atoms with Crippen LogP contribution in [0, 0.1) is 29.1 Å². The number of hydrogen-bond donors (Lipinski definition) is 0. The highest BCUT2D eigenvalue weighted by atomic mass is 16.1. The summed E-state index contributed by atoms with van der Waals surface area (Å²) in [5.74, 6) is 2.65. The van der Waals surface area contributed by atoms with Crippen LogP contribution >= 0.6 is 0 Å². The maximum Gasteiger partial charge on any atom is 0.139 e. The molecular weight excluding hydrogens is 196 g/mol. The van der Waals surface area contributed by atoms with E-state index in [1.807, 2.05) is 0 Å². The Bertz CT molecular complexity index is 436. The van der Waals surface area contributed by atoms with Crippen LogP contribution in [0.3, 0.4) is 0 Å². The van der Waals surface area contributed by atoms with E-state index < -0.39 is 0 Å². The fourth-order valence-corrected chi connectivity index (χ4v) is 3.44. The van der Waals surface area contributed by atoms with Gasteiger partial charge in [-0.2, -0.15) is 0 Å². The molecule has 0 amide bonds. The van der Waals surface area contributed by atoms with Crippen LogP contribution in [-0.4, -0.2) is 5.78 Å². The summed E-state index contributed by atoms with van der Waals surface area (Å²) in [6, 6.07) is 0. The number of carbonyl (C=O) groups excluding carboxylic acids is 1. The third-order valence-electron chi connectivity index (χ3n) is 4.73. The Morgan fingerprint density at radius 2 is 1.75 bits per heavy atom. The molecule has 0 N–H and O–H groups in total. The van der Waals surface area contributed by atoms with Crippen molar-refractivity contribution in [3.63, 3.8) is 0 Å². The van der Waals surface area contributed by atoms with Crippen molar-refractivity contribution in [1.29, 1.82) is 0 Å². The fraction of sp³-hybridized carbons (Fsp3) is 0.533. The van der Waals surface area contributed by atoms with Crippen molar-refractivity contribution >= 4 is 5.78 Å². The lowest BCUT2D eigenvalue weighted by molar-refractivity contribution is -0.123. The summed E-state index contributed by atoms with van der Waals surface area (Å²) in [6.45, 7) is 5.83. The van der Waals surface area contributed by atoms with Crippen LogP contribution < -0.4 is 0 Å². The van der Waals surface area contributed by atoms with Crippen LogP contribution in [0.2, 0.25) is 0 Å². The molecule has 4 atom stereocenters. The quantitative estimate of drug-likeness (QED) is 0.645. The van der Waals surface area contributed by atoms with Crippen molar-refractivity contribution < 1.29 is 4.79 Å². The summed E-state index contributed by atoms with van der Waals surface area (Å²) in [5, 5.41) is 0. The minimum atomic E-state index is -0.290. The molecule has 0 aliphatic heterocycles. The van der Waals surface area contributed by atoms with E-state index in [1.165, 1.54) is 5.57 Å². The van der Waals surface area contributed by atoms with Crippen LogP contribution in [0.25, 0.3) is 0 Å². The molecule has 1 nitrogen and oxygen atoms in total. The molecule has 0 unspecified atom stereocenters. The standard InChI is InChI=1S/C15H18O/c1-9(16)15(2,3)13-8-11-5-4-10-6-7-12(13)14(10)11/h4-8,10-12,14H,1-3H3/t10-,11-,12+,14-/m0/s1. The van der Waals surface area contributed by atoms with Gasteiger partial charge in [-0.1, -0.05) is 36.0 Å². The Morgan fingerprint density at radius 3 is 2.44 bits per heavy atom. The Morgan fingerprint density at radius 1 is 1.12 bits per heavy atom. The van der Waals surface area contributed by atoms with Gasteiger partial charge in [-0.3, -0.25) is 4.79 Å². The van der Waals surface area contributed by atoms with Crippen LogP contribution in [0.15, 0.2) is 36.0 Å². The molecule has 1 heteroatoms. The number of rotatable bonds is 2. The molecule has 3 rings (SSSR count). The van der Waals surface area contributed by atoms with E-state index in [1.54, 1.807) is 6.92 Å². The second-order valence-corrected chi connectivity index (χ2v) is 5.83. The highest BCUT2D eigenvalue weighted by Crippen LogP contribution is 2.55. The Balaban J connectivity index is 2.02. The first-order chi connectivity index (χ1) is 7.51. The third-order valence-corrected chi connectivity index (χ3v) is 4.73. The lowest BCUT2D eigenvalue weighted by Gasteiger charge is -2.28. The number of carbonyl (C=O) groups is 1. The Labute approximate surface area is 96.9 Å². The van der Waals surface area contributed by atoms with E-state index in [9.17, 15) is 4.79 Å². The average Bonchev–Trinajstić information content (AvgIpc) is 2.85. The zero-order chi connectivity index (χ0) is 11.5. The van der Waals surface area contributed by atoms with Crippen LogP contribution in [-0.2, 0) is 4.79 Å². The molecule has 0 aromatic heterocycles. The molecule has 0 radical (unpaired) electrons. The van der Waals surface area contributed by atoms with Gasteiger partial charge in [-0.15, -0.1) is 0 Å². The maximum absolute atomic E-state index is 11.8. The first kappa shape index (κ1) is 10.1. The molecule has 0 fully saturated rings. The van der Waals surface area contributed by atoms with Gasteiger partial charge in [-0.25, -0.2) is 0 Å². The summed E-state index contributed by atoms with van der Waals surface area (Å²) < 4.78 is 0. The summed E-state index contributed by atoms with van der Waals surface area (Å²) >= 11 is 0. The predicted octanol–water partition coefficient (Wildman–Crippen LogP) is 3.15. The summed E-state index contributed by atoms with van der Waals surface area (Å²) in [6.07, 6.45) is 11.6. The Kier molecular flexibility index (Phi) is 1.87. The normalized spacial score (nSPS) is 39.1. The van der Waals surface area contributed by atoms with Gasteiger partial charge in [0, 0.05) is 11.3 Å². The van der Waals surface area contributed by atoms with E-state index in [-0.39, 0.29) is 11.2 Å². The second kappa shape index (κ2) is 2.97. The number of ketones is 1. The van der Waals surface area contributed by atoms with Crippen molar-refractivity contribution in [2.24, 2.45) is 29.1 Å². The molecule has 0 aromatic rings.